The maximum atomic E-state index is 8.98. The van der Waals surface area contributed by atoms with Crippen LogP contribution < -0.4 is 5.32 Å². The van der Waals surface area contributed by atoms with Gasteiger partial charge in [-0.15, -0.1) is 0 Å². The molecule has 0 radical (unpaired) electrons. The Morgan fingerprint density at radius 3 is 2.74 bits per heavy atom. The minimum absolute atomic E-state index is 0.215. The fourth-order valence-electron chi connectivity index (χ4n) is 3.80. The van der Waals surface area contributed by atoms with Crippen LogP contribution in [0.15, 0.2) is 24.3 Å². The lowest BCUT2D eigenvalue weighted by atomic mass is 9.93. The molecule has 0 saturated carbocycles. The molecule has 0 spiro atoms. The summed E-state index contributed by atoms with van der Waals surface area (Å²) in [5, 5.41) is 12.7. The second-order valence-electron chi connectivity index (χ2n) is 7.08. The van der Waals surface area contributed by atoms with Gasteiger partial charge in [-0.25, -0.2) is 0 Å². The van der Waals surface area contributed by atoms with E-state index in [4.69, 9.17) is 9.84 Å². The minimum Gasteiger partial charge on any atom is -0.396 e. The molecule has 4 heteroatoms. The molecule has 2 fully saturated rings. The molecule has 3 atom stereocenters. The largest absolute Gasteiger partial charge is 0.396 e. The van der Waals surface area contributed by atoms with E-state index in [9.17, 15) is 0 Å². The predicted molar refractivity (Wildman–Crippen MR) is 93.8 cm³/mol. The Morgan fingerprint density at radius 2 is 2.09 bits per heavy atom. The molecule has 3 unspecified atom stereocenters. The van der Waals surface area contributed by atoms with Gasteiger partial charge in [-0.1, -0.05) is 19.1 Å². The number of benzene rings is 1. The number of ether oxygens (including phenoxy) is 1. The van der Waals surface area contributed by atoms with Gasteiger partial charge < -0.3 is 20.1 Å². The third kappa shape index (κ3) is 4.69. The van der Waals surface area contributed by atoms with Gasteiger partial charge in [0.05, 0.1) is 6.10 Å². The second-order valence-corrected chi connectivity index (χ2v) is 7.08. The van der Waals surface area contributed by atoms with E-state index >= 15 is 0 Å². The standard InChI is InChI=1S/C19H30N2O2/c1-15-13-21(14-18-3-2-12-23-18)10-8-19(15)20-17-6-4-16(5-7-17)9-11-22/h4-7,15,18-20,22H,2-3,8-14H2,1H3. The molecule has 4 nitrogen and oxygen atoms in total. The van der Waals surface area contributed by atoms with Crippen molar-refractivity contribution in [1.82, 2.24) is 4.90 Å². The fourth-order valence-corrected chi connectivity index (χ4v) is 3.80. The average Bonchev–Trinajstić information content (AvgIpc) is 3.05. The summed E-state index contributed by atoms with van der Waals surface area (Å²) in [5.74, 6) is 0.641. The number of hydrogen-bond acceptors (Lipinski definition) is 4. The first-order valence-electron chi connectivity index (χ1n) is 9.05. The zero-order valence-corrected chi connectivity index (χ0v) is 14.2. The smallest absolute Gasteiger partial charge is 0.0702 e. The van der Waals surface area contributed by atoms with Crippen LogP contribution in [0, 0.1) is 5.92 Å². The number of likely N-dealkylation sites (tertiary alicyclic amines) is 1. The Hall–Kier alpha value is -1.10. The SMILES string of the molecule is CC1CN(CC2CCCO2)CCC1Nc1ccc(CCO)cc1. The first kappa shape index (κ1) is 16.7. The quantitative estimate of drug-likeness (QED) is 0.846. The summed E-state index contributed by atoms with van der Waals surface area (Å²) in [6, 6.07) is 9.03. The van der Waals surface area contributed by atoms with E-state index < -0.39 is 0 Å². The van der Waals surface area contributed by atoms with Crippen LogP contribution in [-0.4, -0.2) is 55.0 Å². The van der Waals surface area contributed by atoms with E-state index in [1.165, 1.54) is 30.5 Å². The van der Waals surface area contributed by atoms with Gasteiger partial charge in [0, 0.05) is 44.6 Å². The molecule has 0 bridgehead atoms. The molecule has 23 heavy (non-hydrogen) atoms. The molecule has 0 aromatic heterocycles. The van der Waals surface area contributed by atoms with Crippen LogP contribution in [-0.2, 0) is 11.2 Å². The van der Waals surface area contributed by atoms with Crippen LogP contribution in [0.1, 0.15) is 31.7 Å². The third-order valence-corrected chi connectivity index (χ3v) is 5.18. The number of hydrogen-bond donors (Lipinski definition) is 2. The molecule has 0 amide bonds. The summed E-state index contributed by atoms with van der Waals surface area (Å²) >= 11 is 0. The van der Waals surface area contributed by atoms with Crippen molar-refractivity contribution in [1.29, 1.82) is 0 Å². The second kappa shape index (κ2) is 8.13. The van der Waals surface area contributed by atoms with Crippen molar-refractivity contribution >= 4 is 5.69 Å². The molecule has 128 valence electrons. The first-order chi connectivity index (χ1) is 11.2. The fraction of sp³-hybridized carbons (Fsp3) is 0.684. The third-order valence-electron chi connectivity index (χ3n) is 5.18. The van der Waals surface area contributed by atoms with Crippen molar-refractivity contribution in [3.8, 4) is 0 Å². The molecule has 2 aliphatic rings. The summed E-state index contributed by atoms with van der Waals surface area (Å²) in [7, 11) is 0. The van der Waals surface area contributed by atoms with E-state index in [0.717, 1.165) is 32.7 Å². The molecule has 1 aromatic carbocycles. The van der Waals surface area contributed by atoms with Crippen LogP contribution in [0.5, 0.6) is 0 Å². The zero-order chi connectivity index (χ0) is 16.1. The lowest BCUT2D eigenvalue weighted by Crippen LogP contribution is -2.47. The van der Waals surface area contributed by atoms with Crippen LogP contribution in [0.2, 0.25) is 0 Å². The Bertz CT molecular complexity index is 471. The molecule has 2 N–H and O–H groups in total. The predicted octanol–water partition coefficient (Wildman–Crippen LogP) is 2.52. The summed E-state index contributed by atoms with van der Waals surface area (Å²) in [6.45, 7) is 6.93. The van der Waals surface area contributed by atoms with Crippen molar-refractivity contribution in [2.24, 2.45) is 5.92 Å². The van der Waals surface area contributed by atoms with Gasteiger partial charge in [-0.3, -0.25) is 0 Å². The summed E-state index contributed by atoms with van der Waals surface area (Å²) < 4.78 is 5.77. The number of rotatable bonds is 6. The van der Waals surface area contributed by atoms with Gasteiger partial charge in [-0.2, -0.15) is 0 Å². The van der Waals surface area contributed by atoms with Crippen LogP contribution in [0.4, 0.5) is 5.69 Å². The van der Waals surface area contributed by atoms with Crippen LogP contribution in [0.3, 0.4) is 0 Å². The highest BCUT2D eigenvalue weighted by Crippen LogP contribution is 2.23. The normalized spacial score (nSPS) is 28.9. The highest BCUT2D eigenvalue weighted by molar-refractivity contribution is 5.45. The molecule has 2 aliphatic heterocycles. The minimum atomic E-state index is 0.215. The molecule has 3 rings (SSSR count). The zero-order valence-electron chi connectivity index (χ0n) is 14.2. The average molecular weight is 318 g/mol. The van der Waals surface area contributed by atoms with Gasteiger partial charge in [0.25, 0.3) is 0 Å². The Kier molecular flexibility index (Phi) is 5.92. The number of nitrogens with one attached hydrogen (secondary N) is 1. The number of aliphatic hydroxyl groups excluding tert-OH is 1. The molecular formula is C19H30N2O2. The van der Waals surface area contributed by atoms with Crippen molar-refractivity contribution < 1.29 is 9.84 Å². The van der Waals surface area contributed by atoms with Crippen molar-refractivity contribution in [2.45, 2.75) is 44.8 Å². The Balaban J connectivity index is 1.47. The molecule has 0 aliphatic carbocycles. The van der Waals surface area contributed by atoms with Gasteiger partial charge in [0.2, 0.25) is 0 Å². The maximum Gasteiger partial charge on any atom is 0.0702 e. The van der Waals surface area contributed by atoms with Crippen LogP contribution >= 0.6 is 0 Å². The number of anilines is 1. The summed E-state index contributed by atoms with van der Waals surface area (Å²) in [5.41, 5.74) is 2.38. The van der Waals surface area contributed by atoms with Crippen LogP contribution in [0.25, 0.3) is 0 Å². The van der Waals surface area contributed by atoms with Crippen molar-refractivity contribution in [2.75, 3.05) is 38.2 Å². The van der Waals surface area contributed by atoms with E-state index in [-0.39, 0.29) is 6.61 Å². The monoisotopic (exact) mass is 318 g/mol. The van der Waals surface area contributed by atoms with E-state index in [2.05, 4.69) is 41.4 Å². The maximum absolute atomic E-state index is 8.98. The molecular weight excluding hydrogens is 288 g/mol. The van der Waals surface area contributed by atoms with Gasteiger partial charge >= 0.3 is 0 Å². The van der Waals surface area contributed by atoms with Gasteiger partial charge in [0.1, 0.15) is 0 Å². The number of nitrogens with zero attached hydrogens (tertiary/aromatic N) is 1. The molecule has 2 heterocycles. The first-order valence-corrected chi connectivity index (χ1v) is 9.05. The van der Waals surface area contributed by atoms with Crippen molar-refractivity contribution in [3.63, 3.8) is 0 Å². The number of piperidine rings is 1. The topological polar surface area (TPSA) is 44.7 Å². The lowest BCUT2D eigenvalue weighted by Gasteiger charge is -2.38. The summed E-state index contributed by atoms with van der Waals surface area (Å²) in [6.07, 6.45) is 4.84. The molecule has 2 saturated heterocycles. The highest BCUT2D eigenvalue weighted by Gasteiger charge is 2.28. The number of aliphatic hydroxyl groups is 1. The highest BCUT2D eigenvalue weighted by atomic mass is 16.5. The summed E-state index contributed by atoms with van der Waals surface area (Å²) in [4.78, 5) is 2.57. The van der Waals surface area contributed by atoms with E-state index in [1.54, 1.807) is 0 Å². The van der Waals surface area contributed by atoms with Gasteiger partial charge in [0.15, 0.2) is 0 Å². The van der Waals surface area contributed by atoms with E-state index in [0.29, 0.717) is 18.1 Å². The van der Waals surface area contributed by atoms with E-state index in [1.807, 2.05) is 0 Å². The Labute approximate surface area is 139 Å². The molecule has 1 aromatic rings. The lowest BCUT2D eigenvalue weighted by molar-refractivity contribution is 0.0563. The Morgan fingerprint density at radius 1 is 1.26 bits per heavy atom. The van der Waals surface area contributed by atoms with Crippen molar-refractivity contribution in [3.05, 3.63) is 29.8 Å². The van der Waals surface area contributed by atoms with Gasteiger partial charge in [-0.05, 0) is 49.3 Å².